The maximum absolute atomic E-state index is 9.53. The van der Waals surface area contributed by atoms with Gasteiger partial charge in [-0.1, -0.05) is 0 Å². The Bertz CT molecular complexity index is 165. The van der Waals surface area contributed by atoms with Crippen LogP contribution in [-0.4, -0.2) is 48.8 Å². The Morgan fingerprint density at radius 3 is 2.40 bits per heavy atom. The molecule has 0 aliphatic carbocycles. The van der Waals surface area contributed by atoms with E-state index in [1.54, 1.807) is 0 Å². The minimum atomic E-state index is -0.209. The van der Waals surface area contributed by atoms with E-state index in [4.69, 9.17) is 0 Å². The summed E-state index contributed by atoms with van der Waals surface area (Å²) in [4.78, 5) is 2.42. The van der Waals surface area contributed by atoms with Crippen molar-refractivity contribution in [2.75, 3.05) is 26.7 Å². The molecule has 2 atom stereocenters. The van der Waals surface area contributed by atoms with Crippen LogP contribution in [0.3, 0.4) is 0 Å². The fraction of sp³-hybridized carbons (Fsp3) is 1.00. The third kappa shape index (κ3) is 4.09. The fourth-order valence-corrected chi connectivity index (χ4v) is 2.30. The Hall–Kier alpha value is -0.120. The van der Waals surface area contributed by atoms with Gasteiger partial charge in [0.15, 0.2) is 0 Å². The average molecular weight is 214 g/mol. The lowest BCUT2D eigenvalue weighted by molar-refractivity contribution is 0.0473. The van der Waals surface area contributed by atoms with E-state index in [2.05, 4.69) is 17.1 Å². The minimum Gasteiger partial charge on any atom is -0.392 e. The van der Waals surface area contributed by atoms with Crippen molar-refractivity contribution < 1.29 is 5.11 Å². The molecular weight excluding hydrogens is 188 g/mol. The van der Waals surface area contributed by atoms with Crippen LogP contribution in [0.25, 0.3) is 0 Å². The van der Waals surface area contributed by atoms with E-state index in [0.717, 1.165) is 25.6 Å². The van der Waals surface area contributed by atoms with Crippen molar-refractivity contribution in [3.63, 3.8) is 0 Å². The second-order valence-electron chi connectivity index (χ2n) is 4.85. The monoisotopic (exact) mass is 214 g/mol. The molecule has 1 fully saturated rings. The zero-order valence-corrected chi connectivity index (χ0v) is 10.4. The number of likely N-dealkylation sites (tertiary alicyclic amines) is 1. The van der Waals surface area contributed by atoms with E-state index < -0.39 is 0 Å². The number of hydrogen-bond acceptors (Lipinski definition) is 3. The van der Waals surface area contributed by atoms with Gasteiger partial charge in [0.1, 0.15) is 0 Å². The molecule has 0 aromatic rings. The van der Waals surface area contributed by atoms with Crippen LogP contribution in [0.5, 0.6) is 0 Å². The van der Waals surface area contributed by atoms with Gasteiger partial charge in [-0.05, 0) is 65.7 Å². The molecule has 90 valence electrons. The van der Waals surface area contributed by atoms with Crippen LogP contribution in [0.2, 0.25) is 0 Å². The highest BCUT2D eigenvalue weighted by molar-refractivity contribution is 4.78. The Balaban J connectivity index is 2.23. The summed E-state index contributed by atoms with van der Waals surface area (Å²) in [7, 11) is 2.02. The summed E-state index contributed by atoms with van der Waals surface area (Å²) in [6.45, 7) is 7.45. The Morgan fingerprint density at radius 2 is 1.93 bits per heavy atom. The molecule has 2 unspecified atom stereocenters. The maximum Gasteiger partial charge on any atom is 0.0664 e. The van der Waals surface area contributed by atoms with Crippen molar-refractivity contribution in [1.29, 1.82) is 0 Å². The third-order valence-electron chi connectivity index (χ3n) is 3.73. The summed E-state index contributed by atoms with van der Waals surface area (Å²) < 4.78 is 0. The van der Waals surface area contributed by atoms with Crippen LogP contribution >= 0.6 is 0 Å². The van der Waals surface area contributed by atoms with Crippen molar-refractivity contribution in [1.82, 2.24) is 10.2 Å². The molecule has 1 heterocycles. The first-order valence-corrected chi connectivity index (χ1v) is 6.22. The molecule has 1 saturated heterocycles. The van der Waals surface area contributed by atoms with Gasteiger partial charge < -0.3 is 10.4 Å². The van der Waals surface area contributed by atoms with Gasteiger partial charge in [-0.25, -0.2) is 0 Å². The quantitative estimate of drug-likeness (QED) is 0.719. The van der Waals surface area contributed by atoms with Gasteiger partial charge in [0, 0.05) is 6.04 Å². The molecule has 3 nitrogen and oxygen atoms in total. The number of nitrogens with zero attached hydrogens (tertiary/aromatic N) is 1. The largest absolute Gasteiger partial charge is 0.392 e. The summed E-state index contributed by atoms with van der Waals surface area (Å²) >= 11 is 0. The second-order valence-corrected chi connectivity index (χ2v) is 4.85. The summed E-state index contributed by atoms with van der Waals surface area (Å²) in [5.41, 5.74) is 0. The molecule has 0 radical (unpaired) electrons. The Labute approximate surface area is 93.9 Å². The average Bonchev–Trinajstić information content (AvgIpc) is 2.26. The first-order valence-electron chi connectivity index (χ1n) is 6.22. The molecule has 1 rings (SSSR count). The summed E-state index contributed by atoms with van der Waals surface area (Å²) in [5.74, 6) is 0.884. The summed E-state index contributed by atoms with van der Waals surface area (Å²) in [6, 6.07) is 0.315. The molecule has 0 aromatic carbocycles. The Morgan fingerprint density at radius 1 is 1.33 bits per heavy atom. The predicted octanol–water partition coefficient (Wildman–Crippen LogP) is 1.08. The molecule has 0 spiro atoms. The molecule has 0 aromatic heterocycles. The smallest absolute Gasteiger partial charge is 0.0664 e. The first-order chi connectivity index (χ1) is 7.15. The van der Waals surface area contributed by atoms with Crippen LogP contribution in [0, 0.1) is 5.92 Å². The van der Waals surface area contributed by atoms with Gasteiger partial charge in [-0.3, -0.25) is 4.90 Å². The highest BCUT2D eigenvalue weighted by atomic mass is 16.3. The molecule has 0 saturated carbocycles. The lowest BCUT2D eigenvalue weighted by atomic mass is 9.92. The van der Waals surface area contributed by atoms with E-state index in [1.807, 2.05) is 14.0 Å². The zero-order chi connectivity index (χ0) is 11.3. The van der Waals surface area contributed by atoms with Crippen molar-refractivity contribution in [3.05, 3.63) is 0 Å². The normalized spacial score (nSPS) is 24.0. The van der Waals surface area contributed by atoms with Gasteiger partial charge in [0.2, 0.25) is 0 Å². The molecule has 0 bridgehead atoms. The lowest BCUT2D eigenvalue weighted by Crippen LogP contribution is -2.45. The van der Waals surface area contributed by atoms with Gasteiger partial charge in [-0.15, -0.1) is 0 Å². The summed E-state index contributed by atoms with van der Waals surface area (Å²) in [6.07, 6.45) is 3.67. The lowest BCUT2D eigenvalue weighted by Gasteiger charge is -2.37. The van der Waals surface area contributed by atoms with Crippen molar-refractivity contribution in [2.24, 2.45) is 5.92 Å². The molecule has 0 amide bonds. The van der Waals surface area contributed by atoms with Crippen molar-refractivity contribution in [3.8, 4) is 0 Å². The number of hydrogen-bond donors (Lipinski definition) is 2. The minimum absolute atomic E-state index is 0.209. The number of aliphatic hydroxyl groups excluding tert-OH is 1. The van der Waals surface area contributed by atoms with Crippen LogP contribution in [0.15, 0.2) is 0 Å². The number of piperidine rings is 1. The van der Waals surface area contributed by atoms with Crippen LogP contribution < -0.4 is 5.32 Å². The van der Waals surface area contributed by atoms with E-state index in [1.165, 1.54) is 19.3 Å². The van der Waals surface area contributed by atoms with Crippen molar-refractivity contribution >= 4 is 0 Å². The van der Waals surface area contributed by atoms with E-state index in [9.17, 15) is 5.11 Å². The SMILES string of the molecule is CNCCC1CCN(C(C)C(C)O)CC1. The van der Waals surface area contributed by atoms with E-state index in [0.29, 0.717) is 6.04 Å². The molecule has 15 heavy (non-hydrogen) atoms. The number of aliphatic hydroxyl groups is 1. The van der Waals surface area contributed by atoms with E-state index in [-0.39, 0.29) is 6.10 Å². The fourth-order valence-electron chi connectivity index (χ4n) is 2.30. The molecule has 3 heteroatoms. The molecule has 1 aliphatic rings. The first kappa shape index (κ1) is 12.9. The van der Waals surface area contributed by atoms with E-state index >= 15 is 0 Å². The van der Waals surface area contributed by atoms with Gasteiger partial charge in [-0.2, -0.15) is 0 Å². The highest BCUT2D eigenvalue weighted by Gasteiger charge is 2.24. The second kappa shape index (κ2) is 6.46. The molecular formula is C12H26N2O. The van der Waals surface area contributed by atoms with Crippen molar-refractivity contribution in [2.45, 2.75) is 45.3 Å². The van der Waals surface area contributed by atoms with Gasteiger partial charge in [0.05, 0.1) is 6.10 Å². The predicted molar refractivity (Wildman–Crippen MR) is 64.0 cm³/mol. The zero-order valence-electron chi connectivity index (χ0n) is 10.4. The molecule has 2 N–H and O–H groups in total. The van der Waals surface area contributed by atoms with Crippen LogP contribution in [-0.2, 0) is 0 Å². The molecule has 1 aliphatic heterocycles. The van der Waals surface area contributed by atoms with Crippen LogP contribution in [0.1, 0.15) is 33.1 Å². The third-order valence-corrected chi connectivity index (χ3v) is 3.73. The number of rotatable bonds is 5. The topological polar surface area (TPSA) is 35.5 Å². The van der Waals surface area contributed by atoms with Crippen LogP contribution in [0.4, 0.5) is 0 Å². The Kier molecular flexibility index (Phi) is 5.58. The van der Waals surface area contributed by atoms with Gasteiger partial charge >= 0.3 is 0 Å². The van der Waals surface area contributed by atoms with Gasteiger partial charge in [0.25, 0.3) is 0 Å². The maximum atomic E-state index is 9.53. The summed E-state index contributed by atoms with van der Waals surface area (Å²) in [5, 5.41) is 12.7. The standard InChI is InChI=1S/C12H26N2O/c1-10(11(2)15)14-8-5-12(6-9-14)4-7-13-3/h10-13,15H,4-9H2,1-3H3. The number of nitrogens with one attached hydrogen (secondary N) is 1. The highest BCUT2D eigenvalue weighted by Crippen LogP contribution is 2.22.